The Bertz CT molecular complexity index is 893. The van der Waals surface area contributed by atoms with Gasteiger partial charge in [0.05, 0.1) is 12.2 Å². The summed E-state index contributed by atoms with van der Waals surface area (Å²) in [4.78, 5) is 16.7. The maximum atomic E-state index is 12.5. The van der Waals surface area contributed by atoms with Crippen molar-refractivity contribution in [3.63, 3.8) is 0 Å². The predicted molar refractivity (Wildman–Crippen MR) is 110 cm³/mol. The Labute approximate surface area is 168 Å². The molecule has 6 nitrogen and oxygen atoms in total. The number of benzene rings is 2. The first kappa shape index (κ1) is 18.6. The third kappa shape index (κ3) is 4.72. The molecule has 1 aliphatic rings. The number of amides is 1. The molecule has 1 aliphatic heterocycles. The second kappa shape index (κ2) is 8.93. The van der Waals surface area contributed by atoms with E-state index >= 15 is 0 Å². The van der Waals surface area contributed by atoms with Crippen molar-refractivity contribution in [2.45, 2.75) is 11.6 Å². The predicted octanol–water partition coefficient (Wildman–Crippen LogP) is 3.10. The van der Waals surface area contributed by atoms with Gasteiger partial charge in [-0.2, -0.15) is 0 Å². The first-order chi connectivity index (χ1) is 13.8. The van der Waals surface area contributed by atoms with Gasteiger partial charge in [0, 0.05) is 31.9 Å². The molecule has 1 fully saturated rings. The Morgan fingerprint density at radius 1 is 0.929 bits per heavy atom. The number of aromatic nitrogens is 2. The SMILES string of the molecule is O=C(CSc1nnc(Cc2ccccc2)o1)N1CCN(c2ccccc2)CC1. The van der Waals surface area contributed by atoms with E-state index < -0.39 is 0 Å². The molecule has 1 amide bonds. The van der Waals surface area contributed by atoms with Gasteiger partial charge in [0.25, 0.3) is 5.22 Å². The fourth-order valence-electron chi connectivity index (χ4n) is 3.21. The van der Waals surface area contributed by atoms with Gasteiger partial charge in [-0.3, -0.25) is 4.79 Å². The van der Waals surface area contributed by atoms with Crippen LogP contribution in [0.5, 0.6) is 0 Å². The van der Waals surface area contributed by atoms with E-state index in [1.165, 1.54) is 17.4 Å². The van der Waals surface area contributed by atoms with Crippen molar-refractivity contribution in [2.24, 2.45) is 0 Å². The van der Waals surface area contributed by atoms with E-state index in [-0.39, 0.29) is 5.91 Å². The van der Waals surface area contributed by atoms with E-state index in [2.05, 4.69) is 27.2 Å². The van der Waals surface area contributed by atoms with Gasteiger partial charge in [0.15, 0.2) is 0 Å². The Morgan fingerprint density at radius 2 is 1.61 bits per heavy atom. The molecule has 7 heteroatoms. The van der Waals surface area contributed by atoms with Crippen molar-refractivity contribution in [3.8, 4) is 0 Å². The zero-order valence-electron chi connectivity index (χ0n) is 15.5. The van der Waals surface area contributed by atoms with Crippen LogP contribution in [0.4, 0.5) is 5.69 Å². The lowest BCUT2D eigenvalue weighted by Gasteiger charge is -2.36. The van der Waals surface area contributed by atoms with E-state index in [0.29, 0.717) is 23.3 Å². The van der Waals surface area contributed by atoms with E-state index in [4.69, 9.17) is 4.42 Å². The summed E-state index contributed by atoms with van der Waals surface area (Å²) in [6.45, 7) is 3.17. The van der Waals surface area contributed by atoms with E-state index in [0.717, 1.165) is 31.7 Å². The van der Waals surface area contributed by atoms with Crippen molar-refractivity contribution in [3.05, 3.63) is 72.1 Å². The van der Waals surface area contributed by atoms with Crippen LogP contribution >= 0.6 is 11.8 Å². The number of para-hydroxylation sites is 1. The quantitative estimate of drug-likeness (QED) is 0.599. The van der Waals surface area contributed by atoms with Crippen molar-refractivity contribution >= 4 is 23.4 Å². The highest BCUT2D eigenvalue weighted by molar-refractivity contribution is 7.99. The van der Waals surface area contributed by atoms with E-state index in [9.17, 15) is 4.79 Å². The first-order valence-corrected chi connectivity index (χ1v) is 10.3. The van der Waals surface area contributed by atoms with Gasteiger partial charge >= 0.3 is 0 Å². The molecule has 0 atom stereocenters. The molecule has 0 N–H and O–H groups in total. The summed E-state index contributed by atoms with van der Waals surface area (Å²) in [7, 11) is 0. The topological polar surface area (TPSA) is 62.5 Å². The number of carbonyl (C=O) groups is 1. The molecule has 0 spiro atoms. The first-order valence-electron chi connectivity index (χ1n) is 9.35. The number of piperazine rings is 1. The number of carbonyl (C=O) groups excluding carboxylic acids is 1. The van der Waals surface area contributed by atoms with Crippen LogP contribution in [0.2, 0.25) is 0 Å². The highest BCUT2D eigenvalue weighted by atomic mass is 32.2. The molecule has 0 radical (unpaired) electrons. The molecule has 1 aromatic heterocycles. The number of nitrogens with zero attached hydrogens (tertiary/aromatic N) is 4. The van der Waals surface area contributed by atoms with Gasteiger partial charge in [0.1, 0.15) is 0 Å². The van der Waals surface area contributed by atoms with E-state index in [1.807, 2.05) is 53.4 Å². The monoisotopic (exact) mass is 394 g/mol. The number of thioether (sulfide) groups is 1. The van der Waals surface area contributed by atoms with Crippen LogP contribution in [-0.4, -0.2) is 52.9 Å². The average Bonchev–Trinajstić information content (AvgIpc) is 3.21. The number of hydrogen-bond donors (Lipinski definition) is 0. The van der Waals surface area contributed by atoms with Crippen LogP contribution in [-0.2, 0) is 11.2 Å². The molecule has 4 rings (SSSR count). The van der Waals surface area contributed by atoms with Crippen LogP contribution in [0.25, 0.3) is 0 Å². The molecule has 2 heterocycles. The van der Waals surface area contributed by atoms with Crippen molar-refractivity contribution in [2.75, 3.05) is 36.8 Å². The molecule has 144 valence electrons. The smallest absolute Gasteiger partial charge is 0.277 e. The van der Waals surface area contributed by atoms with Gasteiger partial charge in [-0.25, -0.2) is 0 Å². The molecule has 2 aromatic carbocycles. The second-order valence-electron chi connectivity index (χ2n) is 6.62. The molecule has 3 aromatic rings. The summed E-state index contributed by atoms with van der Waals surface area (Å²) in [6.07, 6.45) is 0.601. The van der Waals surface area contributed by atoms with Crippen LogP contribution in [0.3, 0.4) is 0 Å². The summed E-state index contributed by atoms with van der Waals surface area (Å²) >= 11 is 1.31. The fraction of sp³-hybridized carbons (Fsp3) is 0.286. The normalized spacial score (nSPS) is 14.3. The number of hydrogen-bond acceptors (Lipinski definition) is 6. The molecule has 0 aliphatic carbocycles. The van der Waals surface area contributed by atoms with Gasteiger partial charge < -0.3 is 14.2 Å². The zero-order valence-corrected chi connectivity index (χ0v) is 16.3. The van der Waals surface area contributed by atoms with Gasteiger partial charge in [-0.05, 0) is 17.7 Å². The highest BCUT2D eigenvalue weighted by Gasteiger charge is 2.22. The third-order valence-electron chi connectivity index (χ3n) is 4.72. The maximum Gasteiger partial charge on any atom is 0.277 e. The van der Waals surface area contributed by atoms with Crippen molar-refractivity contribution in [1.29, 1.82) is 0 Å². The minimum atomic E-state index is 0.112. The summed E-state index contributed by atoms with van der Waals surface area (Å²) in [5.74, 6) is 0.997. The second-order valence-corrected chi connectivity index (χ2v) is 7.54. The molecule has 28 heavy (non-hydrogen) atoms. The standard InChI is InChI=1S/C21H22N4O2S/c26-20(25-13-11-24(12-14-25)18-9-5-2-6-10-18)16-28-21-23-22-19(27-21)15-17-7-3-1-4-8-17/h1-10H,11-16H2. The maximum absolute atomic E-state index is 12.5. The summed E-state index contributed by atoms with van der Waals surface area (Å²) in [6, 6.07) is 20.3. The van der Waals surface area contributed by atoms with Gasteiger partial charge in [-0.15, -0.1) is 10.2 Å². The molecule has 0 unspecified atom stereocenters. The largest absolute Gasteiger partial charge is 0.416 e. The number of anilines is 1. The summed E-state index contributed by atoms with van der Waals surface area (Å²) < 4.78 is 5.66. The van der Waals surface area contributed by atoms with Crippen LogP contribution in [0.15, 0.2) is 70.3 Å². The molecular formula is C21H22N4O2S. The van der Waals surface area contributed by atoms with Gasteiger partial charge in [0.2, 0.25) is 11.8 Å². The van der Waals surface area contributed by atoms with Gasteiger partial charge in [-0.1, -0.05) is 60.3 Å². The molecule has 0 saturated carbocycles. The van der Waals surface area contributed by atoms with Crippen molar-refractivity contribution in [1.82, 2.24) is 15.1 Å². The summed E-state index contributed by atoms with van der Waals surface area (Å²) in [5, 5.41) is 8.57. The van der Waals surface area contributed by atoms with Crippen LogP contribution < -0.4 is 4.90 Å². The fourth-order valence-corrected chi connectivity index (χ4v) is 3.89. The minimum absolute atomic E-state index is 0.112. The van der Waals surface area contributed by atoms with E-state index in [1.54, 1.807) is 0 Å². The lowest BCUT2D eigenvalue weighted by Crippen LogP contribution is -2.49. The minimum Gasteiger partial charge on any atom is -0.416 e. The molecule has 1 saturated heterocycles. The number of rotatable bonds is 6. The zero-order chi connectivity index (χ0) is 19.2. The Morgan fingerprint density at radius 3 is 2.32 bits per heavy atom. The summed E-state index contributed by atoms with van der Waals surface area (Å²) in [5.41, 5.74) is 2.33. The highest BCUT2D eigenvalue weighted by Crippen LogP contribution is 2.20. The molecule has 0 bridgehead atoms. The lowest BCUT2D eigenvalue weighted by atomic mass is 10.2. The van der Waals surface area contributed by atoms with Crippen LogP contribution in [0.1, 0.15) is 11.5 Å². The Hall–Kier alpha value is -2.80. The average molecular weight is 395 g/mol. The Balaban J connectivity index is 1.24. The Kier molecular flexibility index (Phi) is 5.92. The van der Waals surface area contributed by atoms with Crippen LogP contribution in [0, 0.1) is 0 Å². The lowest BCUT2D eigenvalue weighted by molar-refractivity contribution is -0.128. The third-order valence-corrected chi connectivity index (χ3v) is 5.52. The van der Waals surface area contributed by atoms with Crippen molar-refractivity contribution < 1.29 is 9.21 Å². The molecular weight excluding hydrogens is 372 g/mol.